The molecule has 0 saturated heterocycles. The lowest BCUT2D eigenvalue weighted by molar-refractivity contribution is 0.411. The highest BCUT2D eigenvalue weighted by molar-refractivity contribution is 5.24. The van der Waals surface area contributed by atoms with Gasteiger partial charge in [-0.3, -0.25) is 0 Å². The topological polar surface area (TPSA) is 25.2 Å². The number of furan rings is 1. The van der Waals surface area contributed by atoms with Gasteiger partial charge in [-0.25, -0.2) is 0 Å². The van der Waals surface area contributed by atoms with Gasteiger partial charge in [0.1, 0.15) is 5.76 Å². The number of hydrogen-bond acceptors (Lipinski definition) is 2. The SMILES string of the molecule is CCC(NC(C)CCc1ccco1)c1ccc(C)cc1. The summed E-state index contributed by atoms with van der Waals surface area (Å²) in [6, 6.07) is 13.7. The van der Waals surface area contributed by atoms with E-state index in [1.165, 1.54) is 11.1 Å². The fourth-order valence-corrected chi connectivity index (χ4v) is 2.49. The Labute approximate surface area is 122 Å². The molecule has 1 aromatic carbocycles. The average molecular weight is 271 g/mol. The average Bonchev–Trinajstić information content (AvgIpc) is 2.97. The zero-order valence-electron chi connectivity index (χ0n) is 12.7. The van der Waals surface area contributed by atoms with Crippen LogP contribution in [0.3, 0.4) is 0 Å². The van der Waals surface area contributed by atoms with E-state index >= 15 is 0 Å². The Morgan fingerprint density at radius 2 is 1.90 bits per heavy atom. The molecule has 2 rings (SSSR count). The quantitative estimate of drug-likeness (QED) is 0.793. The summed E-state index contributed by atoms with van der Waals surface area (Å²) in [6.45, 7) is 6.61. The Bertz CT molecular complexity index is 487. The predicted molar refractivity (Wildman–Crippen MR) is 83.8 cm³/mol. The standard InChI is InChI=1S/C18H25NO/c1-4-18(16-10-7-14(2)8-11-16)19-15(3)9-12-17-6-5-13-20-17/h5-8,10-11,13,15,18-19H,4,9,12H2,1-3H3. The van der Waals surface area contributed by atoms with Gasteiger partial charge in [0, 0.05) is 18.5 Å². The summed E-state index contributed by atoms with van der Waals surface area (Å²) in [5, 5.41) is 3.72. The molecule has 0 spiro atoms. The molecule has 1 N–H and O–H groups in total. The molecular weight excluding hydrogens is 246 g/mol. The highest BCUT2D eigenvalue weighted by Gasteiger charge is 2.12. The van der Waals surface area contributed by atoms with Gasteiger partial charge in [-0.15, -0.1) is 0 Å². The van der Waals surface area contributed by atoms with Crippen molar-refractivity contribution in [2.24, 2.45) is 0 Å². The van der Waals surface area contributed by atoms with E-state index in [-0.39, 0.29) is 0 Å². The maximum absolute atomic E-state index is 5.39. The van der Waals surface area contributed by atoms with E-state index in [0.29, 0.717) is 12.1 Å². The van der Waals surface area contributed by atoms with Crippen LogP contribution in [0.25, 0.3) is 0 Å². The lowest BCUT2D eigenvalue weighted by Gasteiger charge is -2.22. The molecule has 2 atom stereocenters. The van der Waals surface area contributed by atoms with E-state index in [4.69, 9.17) is 4.42 Å². The van der Waals surface area contributed by atoms with Gasteiger partial charge in [0.05, 0.1) is 6.26 Å². The van der Waals surface area contributed by atoms with Crippen LogP contribution in [0.1, 0.15) is 49.6 Å². The first-order valence-corrected chi connectivity index (χ1v) is 7.54. The molecule has 0 saturated carbocycles. The van der Waals surface area contributed by atoms with Crippen LogP contribution < -0.4 is 5.32 Å². The largest absolute Gasteiger partial charge is 0.469 e. The van der Waals surface area contributed by atoms with Crippen LogP contribution in [-0.2, 0) is 6.42 Å². The number of hydrogen-bond donors (Lipinski definition) is 1. The van der Waals surface area contributed by atoms with E-state index in [9.17, 15) is 0 Å². The summed E-state index contributed by atoms with van der Waals surface area (Å²) in [5.41, 5.74) is 2.69. The van der Waals surface area contributed by atoms with Gasteiger partial charge in [0.25, 0.3) is 0 Å². The third kappa shape index (κ3) is 4.24. The molecule has 0 aliphatic heterocycles. The second-order valence-electron chi connectivity index (χ2n) is 5.56. The molecule has 2 heteroatoms. The Hall–Kier alpha value is -1.54. The minimum Gasteiger partial charge on any atom is -0.469 e. The summed E-state index contributed by atoms with van der Waals surface area (Å²) in [5.74, 6) is 1.07. The van der Waals surface area contributed by atoms with Crippen LogP contribution in [0, 0.1) is 6.92 Å². The van der Waals surface area contributed by atoms with E-state index < -0.39 is 0 Å². The van der Waals surface area contributed by atoms with Gasteiger partial charge in [0.2, 0.25) is 0 Å². The van der Waals surface area contributed by atoms with Crippen LogP contribution in [0.15, 0.2) is 47.1 Å². The number of rotatable bonds is 7. The molecule has 0 amide bonds. The van der Waals surface area contributed by atoms with Crippen molar-refractivity contribution in [2.45, 2.75) is 52.1 Å². The molecule has 20 heavy (non-hydrogen) atoms. The highest BCUT2D eigenvalue weighted by atomic mass is 16.3. The van der Waals surface area contributed by atoms with Crippen LogP contribution in [0.4, 0.5) is 0 Å². The summed E-state index contributed by atoms with van der Waals surface area (Å²) in [4.78, 5) is 0. The summed E-state index contributed by atoms with van der Waals surface area (Å²) < 4.78 is 5.39. The predicted octanol–water partition coefficient (Wildman–Crippen LogP) is 4.65. The first-order chi connectivity index (χ1) is 9.69. The lowest BCUT2D eigenvalue weighted by atomic mass is 10.0. The van der Waals surface area contributed by atoms with Crippen molar-refractivity contribution >= 4 is 0 Å². The van der Waals surface area contributed by atoms with Gasteiger partial charge in [0.15, 0.2) is 0 Å². The number of nitrogens with one attached hydrogen (secondary N) is 1. The summed E-state index contributed by atoms with van der Waals surface area (Å²) in [7, 11) is 0. The molecule has 0 fully saturated rings. The minimum absolute atomic E-state index is 0.433. The first kappa shape index (κ1) is 14.9. The first-order valence-electron chi connectivity index (χ1n) is 7.54. The fraction of sp³-hybridized carbons (Fsp3) is 0.444. The Morgan fingerprint density at radius 3 is 2.50 bits per heavy atom. The maximum atomic E-state index is 5.39. The smallest absolute Gasteiger partial charge is 0.103 e. The van der Waals surface area contributed by atoms with Crippen LogP contribution in [0.5, 0.6) is 0 Å². The number of aryl methyl sites for hydroxylation is 2. The van der Waals surface area contributed by atoms with Crippen molar-refractivity contribution in [3.05, 3.63) is 59.5 Å². The van der Waals surface area contributed by atoms with Gasteiger partial charge in [-0.2, -0.15) is 0 Å². The second-order valence-corrected chi connectivity index (χ2v) is 5.56. The summed E-state index contributed by atoms with van der Waals surface area (Å²) >= 11 is 0. The zero-order valence-corrected chi connectivity index (χ0v) is 12.7. The molecule has 1 heterocycles. The van der Waals surface area contributed by atoms with Gasteiger partial charge < -0.3 is 9.73 Å². The third-order valence-electron chi connectivity index (χ3n) is 3.78. The molecular formula is C18H25NO. The van der Waals surface area contributed by atoms with Crippen molar-refractivity contribution in [2.75, 3.05) is 0 Å². The van der Waals surface area contributed by atoms with Crippen LogP contribution in [-0.4, -0.2) is 6.04 Å². The van der Waals surface area contributed by atoms with Crippen molar-refractivity contribution in [1.82, 2.24) is 5.32 Å². The van der Waals surface area contributed by atoms with Crippen molar-refractivity contribution in [3.8, 4) is 0 Å². The molecule has 1 aromatic heterocycles. The molecule has 0 bridgehead atoms. The van der Waals surface area contributed by atoms with E-state index in [1.54, 1.807) is 6.26 Å². The Morgan fingerprint density at radius 1 is 1.15 bits per heavy atom. The van der Waals surface area contributed by atoms with Crippen LogP contribution in [0.2, 0.25) is 0 Å². The minimum atomic E-state index is 0.433. The highest BCUT2D eigenvalue weighted by Crippen LogP contribution is 2.19. The van der Waals surface area contributed by atoms with Crippen molar-refractivity contribution in [1.29, 1.82) is 0 Å². The normalized spacial score (nSPS) is 14.2. The van der Waals surface area contributed by atoms with E-state index in [0.717, 1.165) is 25.0 Å². The summed E-state index contributed by atoms with van der Waals surface area (Å²) in [6.07, 6.45) is 4.93. The van der Waals surface area contributed by atoms with Gasteiger partial charge in [-0.05, 0) is 44.4 Å². The molecule has 2 aromatic rings. The van der Waals surface area contributed by atoms with Gasteiger partial charge >= 0.3 is 0 Å². The second kappa shape index (κ2) is 7.30. The molecule has 108 valence electrons. The lowest BCUT2D eigenvalue weighted by Crippen LogP contribution is -2.30. The number of benzene rings is 1. The molecule has 0 aliphatic carbocycles. The fourth-order valence-electron chi connectivity index (χ4n) is 2.49. The van der Waals surface area contributed by atoms with Crippen molar-refractivity contribution < 1.29 is 4.42 Å². The molecule has 2 unspecified atom stereocenters. The molecule has 2 nitrogen and oxygen atoms in total. The maximum Gasteiger partial charge on any atom is 0.103 e. The Balaban J connectivity index is 1.87. The zero-order chi connectivity index (χ0) is 14.4. The van der Waals surface area contributed by atoms with E-state index in [2.05, 4.69) is 50.4 Å². The van der Waals surface area contributed by atoms with Crippen molar-refractivity contribution in [3.63, 3.8) is 0 Å². The van der Waals surface area contributed by atoms with Gasteiger partial charge in [-0.1, -0.05) is 36.8 Å². The molecule has 0 radical (unpaired) electrons. The monoisotopic (exact) mass is 271 g/mol. The Kier molecular flexibility index (Phi) is 5.42. The molecule has 0 aliphatic rings. The van der Waals surface area contributed by atoms with E-state index in [1.807, 2.05) is 12.1 Å². The third-order valence-corrected chi connectivity index (χ3v) is 3.78. The van der Waals surface area contributed by atoms with Crippen LogP contribution >= 0.6 is 0 Å².